The number of hydrogen-bond acceptors (Lipinski definition) is 5. The summed E-state index contributed by atoms with van der Waals surface area (Å²) < 4.78 is 0. The third-order valence-electron chi connectivity index (χ3n) is 3.32. The molecule has 3 heterocycles. The Labute approximate surface area is 143 Å². The third kappa shape index (κ3) is 4.46. The second kappa shape index (κ2) is 7.48. The summed E-state index contributed by atoms with van der Waals surface area (Å²) in [5.74, 6) is -0.0295. The summed E-state index contributed by atoms with van der Waals surface area (Å²) >= 11 is 3.29. The third-order valence-corrected chi connectivity index (χ3v) is 5.30. The lowest BCUT2D eigenvalue weighted by Gasteiger charge is -2.16. The van der Waals surface area contributed by atoms with Gasteiger partial charge >= 0.3 is 0 Å². The highest BCUT2D eigenvalue weighted by atomic mass is 32.1. The summed E-state index contributed by atoms with van der Waals surface area (Å²) in [6.07, 6.45) is 2.75. The average Bonchev–Trinajstić information content (AvgIpc) is 3.19. The number of carbonyl (C=O) groups is 1. The fraction of sp³-hybridized carbons (Fsp3) is 0.235. The van der Waals surface area contributed by atoms with Crippen molar-refractivity contribution in [3.63, 3.8) is 0 Å². The van der Waals surface area contributed by atoms with E-state index in [4.69, 9.17) is 0 Å². The van der Waals surface area contributed by atoms with E-state index in [1.807, 2.05) is 36.6 Å². The van der Waals surface area contributed by atoms with Crippen LogP contribution in [-0.4, -0.2) is 15.9 Å². The van der Waals surface area contributed by atoms with Crippen LogP contribution in [0.5, 0.6) is 0 Å². The van der Waals surface area contributed by atoms with Gasteiger partial charge in [-0.15, -0.1) is 22.7 Å². The van der Waals surface area contributed by atoms with Gasteiger partial charge in [0.15, 0.2) is 0 Å². The van der Waals surface area contributed by atoms with E-state index >= 15 is 0 Å². The first-order valence-corrected chi connectivity index (χ1v) is 9.10. The molecular weight excluding hydrogens is 326 g/mol. The van der Waals surface area contributed by atoms with Gasteiger partial charge in [-0.3, -0.25) is 9.78 Å². The molecule has 0 aliphatic carbocycles. The Bertz CT molecular complexity index is 753. The molecule has 0 spiro atoms. The average molecular weight is 343 g/mol. The van der Waals surface area contributed by atoms with Gasteiger partial charge in [-0.05, 0) is 30.5 Å². The van der Waals surface area contributed by atoms with E-state index in [0.29, 0.717) is 0 Å². The first-order valence-electron chi connectivity index (χ1n) is 7.34. The highest BCUT2D eigenvalue weighted by molar-refractivity contribution is 7.10. The van der Waals surface area contributed by atoms with Crippen LogP contribution < -0.4 is 5.32 Å². The summed E-state index contributed by atoms with van der Waals surface area (Å²) in [6.45, 7) is 1.97. The fourth-order valence-electron chi connectivity index (χ4n) is 2.27. The number of pyridine rings is 1. The molecule has 118 valence electrons. The zero-order valence-corrected chi connectivity index (χ0v) is 14.4. The standard InChI is InChI=1S/C17H17N3OS2/c1-12-11-23-17(19-12)15(10-14-6-4-8-22-14)20-16(21)9-13-5-2-3-7-18-13/h2-8,11,15H,9-10H2,1H3,(H,20,21)/t15-/m1/s1. The Balaban J connectivity index is 1.71. The number of rotatable bonds is 6. The van der Waals surface area contributed by atoms with Crippen LogP contribution in [0.3, 0.4) is 0 Å². The molecule has 1 atom stereocenters. The van der Waals surface area contributed by atoms with Gasteiger partial charge in [0.25, 0.3) is 0 Å². The molecule has 0 saturated heterocycles. The number of thiophene rings is 1. The predicted octanol–water partition coefficient (Wildman–Crippen LogP) is 3.55. The van der Waals surface area contributed by atoms with Crippen LogP contribution in [0.15, 0.2) is 47.3 Å². The van der Waals surface area contributed by atoms with Crippen molar-refractivity contribution in [2.45, 2.75) is 25.8 Å². The summed E-state index contributed by atoms with van der Waals surface area (Å²) in [6, 6.07) is 9.62. The van der Waals surface area contributed by atoms with Gasteiger partial charge in [0, 0.05) is 34.3 Å². The van der Waals surface area contributed by atoms with Gasteiger partial charge in [-0.2, -0.15) is 0 Å². The SMILES string of the molecule is Cc1csc([C@@H](Cc2cccs2)NC(=O)Cc2ccccn2)n1. The molecule has 4 nitrogen and oxygen atoms in total. The van der Waals surface area contributed by atoms with Gasteiger partial charge in [0.05, 0.1) is 12.5 Å². The van der Waals surface area contributed by atoms with Gasteiger partial charge < -0.3 is 5.32 Å². The Kier molecular flexibility index (Phi) is 5.15. The smallest absolute Gasteiger partial charge is 0.226 e. The van der Waals surface area contributed by atoms with Gasteiger partial charge in [0.2, 0.25) is 5.91 Å². The highest BCUT2D eigenvalue weighted by Gasteiger charge is 2.19. The molecule has 0 aliphatic heterocycles. The minimum atomic E-state index is -0.0939. The van der Waals surface area contributed by atoms with Gasteiger partial charge in [-0.1, -0.05) is 12.1 Å². The van der Waals surface area contributed by atoms with Crippen LogP contribution in [0.25, 0.3) is 0 Å². The zero-order valence-electron chi connectivity index (χ0n) is 12.7. The molecule has 3 aromatic heterocycles. The molecule has 1 N–H and O–H groups in total. The Morgan fingerprint density at radius 1 is 1.26 bits per heavy atom. The maximum Gasteiger partial charge on any atom is 0.226 e. The summed E-state index contributed by atoms with van der Waals surface area (Å²) in [4.78, 5) is 22.3. The number of aryl methyl sites for hydroxylation is 1. The Morgan fingerprint density at radius 2 is 2.17 bits per heavy atom. The molecular formula is C17H17N3OS2. The Hall–Kier alpha value is -2.05. The molecule has 0 unspecified atom stereocenters. The highest BCUT2D eigenvalue weighted by Crippen LogP contribution is 2.24. The van der Waals surface area contributed by atoms with Crippen molar-refractivity contribution in [1.29, 1.82) is 0 Å². The molecule has 0 aromatic carbocycles. The number of nitrogens with one attached hydrogen (secondary N) is 1. The van der Waals surface area contributed by atoms with Crippen LogP contribution >= 0.6 is 22.7 Å². The monoisotopic (exact) mass is 343 g/mol. The van der Waals surface area contributed by atoms with Crippen molar-refractivity contribution < 1.29 is 4.79 Å². The second-order valence-electron chi connectivity index (χ2n) is 5.23. The van der Waals surface area contributed by atoms with E-state index in [1.165, 1.54) is 4.88 Å². The summed E-state index contributed by atoms with van der Waals surface area (Å²) in [7, 11) is 0. The number of aromatic nitrogens is 2. The van der Waals surface area contributed by atoms with E-state index < -0.39 is 0 Å². The fourth-order valence-corrected chi connectivity index (χ4v) is 3.87. The van der Waals surface area contributed by atoms with E-state index in [0.717, 1.165) is 22.8 Å². The molecule has 0 saturated carbocycles. The topological polar surface area (TPSA) is 54.9 Å². The maximum absolute atomic E-state index is 12.4. The molecule has 1 amide bonds. The van der Waals surface area contributed by atoms with Crippen LogP contribution in [0, 0.1) is 6.92 Å². The van der Waals surface area contributed by atoms with E-state index in [9.17, 15) is 4.79 Å². The van der Waals surface area contributed by atoms with Gasteiger partial charge in [0.1, 0.15) is 5.01 Å². The number of nitrogens with zero attached hydrogens (tertiary/aromatic N) is 2. The number of thiazole rings is 1. The number of carbonyl (C=O) groups excluding carboxylic acids is 1. The molecule has 0 bridgehead atoms. The first-order chi connectivity index (χ1) is 11.2. The molecule has 3 aromatic rings. The van der Waals surface area contributed by atoms with Crippen LogP contribution in [0.1, 0.15) is 27.3 Å². The minimum absolute atomic E-state index is 0.0295. The molecule has 6 heteroatoms. The zero-order chi connectivity index (χ0) is 16.1. The molecule has 0 radical (unpaired) electrons. The second-order valence-corrected chi connectivity index (χ2v) is 7.15. The van der Waals surface area contributed by atoms with Crippen molar-refractivity contribution in [3.8, 4) is 0 Å². The number of hydrogen-bond donors (Lipinski definition) is 1. The summed E-state index contributed by atoms with van der Waals surface area (Å²) in [5, 5.41) is 8.12. The van der Waals surface area contributed by atoms with E-state index in [-0.39, 0.29) is 18.4 Å². The van der Waals surface area contributed by atoms with Gasteiger partial charge in [-0.25, -0.2) is 4.98 Å². The number of amides is 1. The lowest BCUT2D eigenvalue weighted by molar-refractivity contribution is -0.121. The van der Waals surface area contributed by atoms with E-state index in [1.54, 1.807) is 28.9 Å². The normalized spacial score (nSPS) is 12.0. The van der Waals surface area contributed by atoms with Crippen LogP contribution in [0.4, 0.5) is 0 Å². The Morgan fingerprint density at radius 3 is 2.83 bits per heavy atom. The molecule has 0 aliphatic rings. The van der Waals surface area contributed by atoms with Crippen molar-refractivity contribution in [1.82, 2.24) is 15.3 Å². The molecule has 0 fully saturated rings. The maximum atomic E-state index is 12.4. The van der Waals surface area contributed by atoms with Crippen molar-refractivity contribution >= 4 is 28.6 Å². The van der Waals surface area contributed by atoms with E-state index in [2.05, 4.69) is 26.7 Å². The molecule has 3 rings (SSSR count). The van der Waals surface area contributed by atoms with Crippen molar-refractivity contribution in [2.24, 2.45) is 0 Å². The predicted molar refractivity (Wildman–Crippen MR) is 93.7 cm³/mol. The van der Waals surface area contributed by atoms with Crippen LogP contribution in [-0.2, 0) is 17.6 Å². The largest absolute Gasteiger partial charge is 0.346 e. The van der Waals surface area contributed by atoms with Crippen molar-refractivity contribution in [2.75, 3.05) is 0 Å². The summed E-state index contributed by atoms with van der Waals surface area (Å²) in [5.41, 5.74) is 1.76. The van der Waals surface area contributed by atoms with Crippen LogP contribution in [0.2, 0.25) is 0 Å². The lowest BCUT2D eigenvalue weighted by atomic mass is 10.1. The molecule has 23 heavy (non-hydrogen) atoms. The quantitative estimate of drug-likeness (QED) is 0.745. The first kappa shape index (κ1) is 15.8. The minimum Gasteiger partial charge on any atom is -0.346 e. The van der Waals surface area contributed by atoms with Crippen molar-refractivity contribution in [3.05, 3.63) is 68.6 Å². The lowest BCUT2D eigenvalue weighted by Crippen LogP contribution is -2.31.